The fourth-order valence-corrected chi connectivity index (χ4v) is 1.99. The SMILES string of the molecule is CCC(F)C(F)(F)C(F)(F)C(F)(F)C(F)(F)C(F)(F)C(F)(F)C(F)(F)C(F)(F)C(F)(F)C(F)F. The molecule has 0 aromatic heterocycles. The highest BCUT2D eigenvalue weighted by atomic mass is 19.4. The van der Waals surface area contributed by atoms with Crippen LogP contribution in [0.25, 0.3) is 0 Å². The van der Waals surface area contributed by atoms with E-state index in [9.17, 15) is 92.2 Å². The molecule has 0 saturated heterocycles. The monoisotopic (exact) mass is 562 g/mol. The van der Waals surface area contributed by atoms with Gasteiger partial charge in [0.25, 0.3) is 0 Å². The van der Waals surface area contributed by atoms with Crippen LogP contribution in [0.5, 0.6) is 0 Å². The molecule has 1 atom stereocenters. The lowest BCUT2D eigenvalue weighted by atomic mass is 9.85. The van der Waals surface area contributed by atoms with Gasteiger partial charge in [-0.2, -0.15) is 79.0 Å². The summed E-state index contributed by atoms with van der Waals surface area (Å²) in [7, 11) is 0. The van der Waals surface area contributed by atoms with Gasteiger partial charge < -0.3 is 0 Å². The normalized spacial score (nSPS) is 17.4. The van der Waals surface area contributed by atoms with Crippen molar-refractivity contribution in [2.45, 2.75) is 79.2 Å². The molecule has 0 spiro atoms. The third-order valence-corrected chi connectivity index (χ3v) is 4.23. The molecule has 21 heteroatoms. The van der Waals surface area contributed by atoms with Gasteiger partial charge >= 0.3 is 59.7 Å². The van der Waals surface area contributed by atoms with E-state index in [-0.39, 0.29) is 6.92 Å². The zero-order valence-corrected chi connectivity index (χ0v) is 15.3. The zero-order valence-electron chi connectivity index (χ0n) is 15.3. The van der Waals surface area contributed by atoms with Gasteiger partial charge in [0.05, 0.1) is 0 Å². The molecule has 0 N–H and O–H groups in total. The van der Waals surface area contributed by atoms with Crippen molar-refractivity contribution in [1.82, 2.24) is 0 Å². The number of rotatable bonds is 11. The van der Waals surface area contributed by atoms with E-state index in [1.54, 1.807) is 0 Å². The van der Waals surface area contributed by atoms with Crippen LogP contribution in [0.2, 0.25) is 0 Å². The van der Waals surface area contributed by atoms with Crippen LogP contribution in [0.1, 0.15) is 13.3 Å². The van der Waals surface area contributed by atoms with E-state index in [4.69, 9.17) is 0 Å². The Kier molecular flexibility index (Phi) is 7.93. The smallest absolute Gasteiger partial charge is 0.241 e. The molecular formula is C13H7F21. The quantitative estimate of drug-likeness (QED) is 0.227. The Labute approximate surface area is 173 Å². The first-order chi connectivity index (χ1) is 14.4. The summed E-state index contributed by atoms with van der Waals surface area (Å²) in [5.74, 6) is -76.1. The van der Waals surface area contributed by atoms with E-state index in [0.717, 1.165) is 0 Å². The van der Waals surface area contributed by atoms with Crippen LogP contribution in [-0.4, -0.2) is 65.9 Å². The lowest BCUT2D eigenvalue weighted by molar-refractivity contribution is -0.466. The first kappa shape index (κ1) is 32.5. The van der Waals surface area contributed by atoms with Crippen LogP contribution >= 0.6 is 0 Å². The number of hydrogen-bond acceptors (Lipinski definition) is 0. The molecule has 0 heterocycles. The Morgan fingerprint density at radius 3 is 0.794 bits per heavy atom. The van der Waals surface area contributed by atoms with E-state index >= 15 is 0 Å². The molecule has 206 valence electrons. The van der Waals surface area contributed by atoms with Crippen LogP contribution in [0, 0.1) is 0 Å². The number of alkyl halides is 21. The molecular weight excluding hydrogens is 555 g/mol. The summed E-state index contributed by atoms with van der Waals surface area (Å²) in [6, 6.07) is 0. The van der Waals surface area contributed by atoms with Gasteiger partial charge in [0, 0.05) is 0 Å². The molecule has 0 bridgehead atoms. The van der Waals surface area contributed by atoms with Gasteiger partial charge in [-0.3, -0.25) is 0 Å². The van der Waals surface area contributed by atoms with Gasteiger partial charge in [-0.25, -0.2) is 13.2 Å². The van der Waals surface area contributed by atoms with Crippen LogP contribution in [0.3, 0.4) is 0 Å². The Hall–Kier alpha value is -1.47. The minimum absolute atomic E-state index is 0.152. The van der Waals surface area contributed by atoms with Gasteiger partial charge in [0.1, 0.15) is 0 Å². The fraction of sp³-hybridized carbons (Fsp3) is 1.00. The topological polar surface area (TPSA) is 0 Å². The van der Waals surface area contributed by atoms with Gasteiger partial charge in [-0.1, -0.05) is 6.92 Å². The summed E-state index contributed by atoms with van der Waals surface area (Å²) in [4.78, 5) is 0. The lowest BCUT2D eigenvalue weighted by Gasteiger charge is -2.44. The van der Waals surface area contributed by atoms with Gasteiger partial charge in [-0.15, -0.1) is 0 Å². The van der Waals surface area contributed by atoms with E-state index in [1.807, 2.05) is 0 Å². The molecule has 0 nitrogen and oxygen atoms in total. The molecule has 0 aromatic rings. The highest BCUT2D eigenvalue weighted by Crippen LogP contribution is 2.65. The Balaban J connectivity index is 7.01. The summed E-state index contributed by atoms with van der Waals surface area (Å²) >= 11 is 0. The van der Waals surface area contributed by atoms with E-state index in [0.29, 0.717) is 0 Å². The van der Waals surface area contributed by atoms with Gasteiger partial charge in [0.15, 0.2) is 6.17 Å². The highest BCUT2D eigenvalue weighted by molar-refractivity contribution is 5.18. The van der Waals surface area contributed by atoms with Crippen molar-refractivity contribution in [2.24, 2.45) is 0 Å². The fourth-order valence-electron chi connectivity index (χ4n) is 1.99. The molecule has 1 unspecified atom stereocenters. The average molecular weight is 562 g/mol. The predicted molar refractivity (Wildman–Crippen MR) is 65.7 cm³/mol. The van der Waals surface area contributed by atoms with Crippen molar-refractivity contribution < 1.29 is 92.2 Å². The molecule has 0 saturated carbocycles. The summed E-state index contributed by atoms with van der Waals surface area (Å²) in [6.45, 7) is 0.152. The maximum Gasteiger partial charge on any atom is 0.385 e. The molecule has 34 heavy (non-hydrogen) atoms. The molecule has 0 aliphatic rings. The molecule has 0 amide bonds. The Morgan fingerprint density at radius 2 is 0.588 bits per heavy atom. The van der Waals surface area contributed by atoms with Crippen molar-refractivity contribution in [3.63, 3.8) is 0 Å². The van der Waals surface area contributed by atoms with Crippen molar-refractivity contribution in [2.75, 3.05) is 0 Å². The van der Waals surface area contributed by atoms with Crippen molar-refractivity contribution in [1.29, 1.82) is 0 Å². The van der Waals surface area contributed by atoms with Crippen LogP contribution in [0.4, 0.5) is 92.2 Å². The Bertz CT molecular complexity index is 718. The average Bonchev–Trinajstić information content (AvgIpc) is 2.65. The summed E-state index contributed by atoms with van der Waals surface area (Å²) in [5, 5.41) is 0. The van der Waals surface area contributed by atoms with E-state index < -0.39 is 72.3 Å². The second kappa shape index (κ2) is 8.29. The van der Waals surface area contributed by atoms with E-state index in [2.05, 4.69) is 0 Å². The van der Waals surface area contributed by atoms with Gasteiger partial charge in [0.2, 0.25) is 0 Å². The van der Waals surface area contributed by atoms with Crippen molar-refractivity contribution in [3.8, 4) is 0 Å². The molecule has 0 fully saturated rings. The highest BCUT2D eigenvalue weighted by Gasteiger charge is 2.97. The maximum atomic E-state index is 13.4. The number of hydrogen-bond donors (Lipinski definition) is 0. The molecule has 0 radical (unpaired) electrons. The lowest BCUT2D eigenvalue weighted by Crippen LogP contribution is -2.76. The summed E-state index contributed by atoms with van der Waals surface area (Å²) in [6.07, 6.45) is -12.7. The largest absolute Gasteiger partial charge is 0.385 e. The maximum absolute atomic E-state index is 13.4. The third-order valence-electron chi connectivity index (χ3n) is 4.23. The van der Waals surface area contributed by atoms with Crippen LogP contribution in [0.15, 0.2) is 0 Å². The molecule has 0 aliphatic carbocycles. The standard InChI is InChI=1S/C13H7F21/c1-2-3(14)5(17,18)7(21,22)9(25,26)11(29,30)13(33,34)12(31,32)10(27,28)8(23,24)6(19,20)4(15)16/h3-4H,2H2,1H3. The molecule has 0 rings (SSSR count). The first-order valence-corrected chi connectivity index (χ1v) is 7.75. The second-order valence-corrected chi connectivity index (χ2v) is 6.44. The van der Waals surface area contributed by atoms with Crippen molar-refractivity contribution in [3.05, 3.63) is 0 Å². The van der Waals surface area contributed by atoms with Crippen molar-refractivity contribution >= 4 is 0 Å². The summed E-state index contributed by atoms with van der Waals surface area (Å²) < 4.78 is 274. The minimum atomic E-state index is -9.08. The molecule has 0 aromatic carbocycles. The minimum Gasteiger partial charge on any atom is -0.241 e. The number of halogens is 21. The molecule has 0 aliphatic heterocycles. The van der Waals surface area contributed by atoms with Gasteiger partial charge in [-0.05, 0) is 6.42 Å². The summed E-state index contributed by atoms with van der Waals surface area (Å²) in [5.41, 5.74) is 0. The van der Waals surface area contributed by atoms with Crippen LogP contribution < -0.4 is 0 Å². The van der Waals surface area contributed by atoms with Crippen LogP contribution in [-0.2, 0) is 0 Å². The second-order valence-electron chi connectivity index (χ2n) is 6.44. The van der Waals surface area contributed by atoms with E-state index in [1.165, 1.54) is 0 Å². The predicted octanol–water partition coefficient (Wildman–Crippen LogP) is 7.72. The first-order valence-electron chi connectivity index (χ1n) is 7.75. The zero-order chi connectivity index (χ0) is 28.4. The Morgan fingerprint density at radius 1 is 0.382 bits per heavy atom. The third kappa shape index (κ3) is 3.73.